The molecule has 2 aromatic rings. The third kappa shape index (κ3) is 4.40. The van der Waals surface area contributed by atoms with Crippen LogP contribution in [0, 0.1) is 5.92 Å². The number of likely N-dealkylation sites (tertiary alicyclic amines) is 1. The van der Waals surface area contributed by atoms with Crippen LogP contribution in [-0.2, 0) is 4.79 Å². The van der Waals surface area contributed by atoms with Crippen LogP contribution in [0.1, 0.15) is 23.3 Å². The zero-order valence-corrected chi connectivity index (χ0v) is 16.0. The average Bonchev–Trinajstić information content (AvgIpc) is 2.69. The monoisotopic (exact) mass is 417 g/mol. The van der Waals surface area contributed by atoms with Crippen molar-refractivity contribution in [3.05, 3.63) is 52.8 Å². The van der Waals surface area contributed by atoms with Gasteiger partial charge >= 0.3 is 0 Å². The fourth-order valence-electron chi connectivity index (χ4n) is 2.94. The van der Waals surface area contributed by atoms with E-state index >= 15 is 0 Å². The van der Waals surface area contributed by atoms with Crippen LogP contribution in [-0.4, -0.2) is 41.9 Å². The molecule has 0 aliphatic carbocycles. The van der Waals surface area contributed by atoms with E-state index in [1.165, 1.54) is 0 Å². The van der Waals surface area contributed by atoms with E-state index in [0.717, 1.165) is 10.2 Å². The SMILES string of the molecule is COc1ccnc(C(=O)N2CCC(C(=O)Nc3ccc(Br)cc3)CC2)c1. The van der Waals surface area contributed by atoms with E-state index in [2.05, 4.69) is 26.2 Å². The minimum Gasteiger partial charge on any atom is -0.497 e. The Labute approximate surface area is 160 Å². The molecule has 2 heterocycles. The summed E-state index contributed by atoms with van der Waals surface area (Å²) >= 11 is 3.37. The summed E-state index contributed by atoms with van der Waals surface area (Å²) in [5.41, 5.74) is 1.14. The van der Waals surface area contributed by atoms with E-state index in [9.17, 15) is 9.59 Å². The number of hydrogen-bond acceptors (Lipinski definition) is 4. The van der Waals surface area contributed by atoms with Gasteiger partial charge in [-0.25, -0.2) is 0 Å². The maximum Gasteiger partial charge on any atom is 0.272 e. The minimum atomic E-state index is -0.129. The molecule has 2 amide bonds. The number of nitrogens with one attached hydrogen (secondary N) is 1. The Morgan fingerprint density at radius 2 is 1.88 bits per heavy atom. The maximum absolute atomic E-state index is 12.6. The first-order valence-electron chi connectivity index (χ1n) is 8.42. The number of ether oxygens (including phenoxy) is 1. The van der Waals surface area contributed by atoms with E-state index in [4.69, 9.17) is 4.74 Å². The highest BCUT2D eigenvalue weighted by Gasteiger charge is 2.28. The molecule has 0 unspecified atom stereocenters. The Morgan fingerprint density at radius 3 is 2.54 bits per heavy atom. The largest absolute Gasteiger partial charge is 0.497 e. The molecule has 26 heavy (non-hydrogen) atoms. The Hall–Kier alpha value is -2.41. The number of anilines is 1. The molecule has 0 spiro atoms. The summed E-state index contributed by atoms with van der Waals surface area (Å²) in [6.45, 7) is 1.08. The number of amides is 2. The highest BCUT2D eigenvalue weighted by atomic mass is 79.9. The lowest BCUT2D eigenvalue weighted by Gasteiger charge is -2.31. The molecule has 0 atom stereocenters. The minimum absolute atomic E-state index is 0.000994. The third-order valence-electron chi connectivity index (χ3n) is 4.45. The van der Waals surface area contributed by atoms with E-state index in [-0.39, 0.29) is 17.7 Å². The first-order chi connectivity index (χ1) is 12.6. The van der Waals surface area contributed by atoms with Gasteiger partial charge in [-0.3, -0.25) is 14.6 Å². The van der Waals surface area contributed by atoms with Crippen molar-refractivity contribution in [2.75, 3.05) is 25.5 Å². The Balaban J connectivity index is 1.55. The van der Waals surface area contributed by atoms with Crippen LogP contribution in [0.15, 0.2) is 47.1 Å². The molecule has 0 saturated carbocycles. The second-order valence-corrected chi connectivity index (χ2v) is 7.06. The van der Waals surface area contributed by atoms with Gasteiger partial charge in [-0.15, -0.1) is 0 Å². The Kier molecular flexibility index (Phi) is 5.88. The summed E-state index contributed by atoms with van der Waals surface area (Å²) in [6.07, 6.45) is 2.83. The van der Waals surface area contributed by atoms with Gasteiger partial charge in [-0.2, -0.15) is 0 Å². The molecule has 3 rings (SSSR count). The van der Waals surface area contributed by atoms with Crippen molar-refractivity contribution >= 4 is 33.4 Å². The van der Waals surface area contributed by atoms with Crippen molar-refractivity contribution in [2.24, 2.45) is 5.92 Å². The van der Waals surface area contributed by atoms with Crippen LogP contribution in [0.5, 0.6) is 5.75 Å². The fraction of sp³-hybridized carbons (Fsp3) is 0.316. The average molecular weight is 418 g/mol. The molecule has 136 valence electrons. The van der Waals surface area contributed by atoms with Gasteiger partial charge in [0.2, 0.25) is 5.91 Å². The fourth-order valence-corrected chi connectivity index (χ4v) is 3.20. The van der Waals surface area contributed by atoms with Crippen LogP contribution in [0.2, 0.25) is 0 Å². The number of nitrogens with zero attached hydrogens (tertiary/aromatic N) is 2. The molecular weight excluding hydrogens is 398 g/mol. The molecule has 0 bridgehead atoms. The van der Waals surface area contributed by atoms with Crippen molar-refractivity contribution in [1.82, 2.24) is 9.88 Å². The molecule has 1 N–H and O–H groups in total. The van der Waals surface area contributed by atoms with E-state index < -0.39 is 0 Å². The van der Waals surface area contributed by atoms with Gasteiger partial charge < -0.3 is 15.0 Å². The van der Waals surface area contributed by atoms with Crippen molar-refractivity contribution in [3.63, 3.8) is 0 Å². The van der Waals surface area contributed by atoms with Gasteiger partial charge in [0.05, 0.1) is 7.11 Å². The summed E-state index contributed by atoms with van der Waals surface area (Å²) in [5.74, 6) is 0.377. The smallest absolute Gasteiger partial charge is 0.272 e. The number of methoxy groups -OCH3 is 1. The molecule has 1 saturated heterocycles. The molecular formula is C19H20BrN3O3. The molecule has 1 aliphatic rings. The number of pyridine rings is 1. The highest BCUT2D eigenvalue weighted by molar-refractivity contribution is 9.10. The quantitative estimate of drug-likeness (QED) is 0.827. The Bertz CT molecular complexity index is 787. The lowest BCUT2D eigenvalue weighted by atomic mass is 9.95. The van der Waals surface area contributed by atoms with Crippen molar-refractivity contribution in [3.8, 4) is 5.75 Å². The number of aromatic nitrogens is 1. The van der Waals surface area contributed by atoms with E-state index in [1.54, 1.807) is 30.3 Å². The van der Waals surface area contributed by atoms with Gasteiger partial charge in [-0.05, 0) is 43.2 Å². The number of benzene rings is 1. The van der Waals surface area contributed by atoms with Gasteiger partial charge in [0.25, 0.3) is 5.91 Å². The maximum atomic E-state index is 12.6. The van der Waals surface area contributed by atoms with Crippen molar-refractivity contribution < 1.29 is 14.3 Å². The number of piperidine rings is 1. The van der Waals surface area contributed by atoms with Gasteiger partial charge in [0, 0.05) is 41.4 Å². The van der Waals surface area contributed by atoms with Crippen LogP contribution < -0.4 is 10.1 Å². The van der Waals surface area contributed by atoms with Gasteiger partial charge in [0.1, 0.15) is 11.4 Å². The second-order valence-electron chi connectivity index (χ2n) is 6.14. The zero-order chi connectivity index (χ0) is 18.5. The molecule has 1 fully saturated rings. The standard InChI is InChI=1S/C19H20BrN3O3/c1-26-16-6-9-21-17(12-16)19(25)23-10-7-13(8-11-23)18(24)22-15-4-2-14(20)3-5-15/h2-6,9,12-13H,7-8,10-11H2,1H3,(H,22,24). The Morgan fingerprint density at radius 1 is 1.19 bits per heavy atom. The molecule has 1 aromatic heterocycles. The summed E-state index contributed by atoms with van der Waals surface area (Å²) < 4.78 is 6.10. The van der Waals surface area contributed by atoms with Crippen LogP contribution in [0.4, 0.5) is 5.69 Å². The summed E-state index contributed by atoms with van der Waals surface area (Å²) in [6, 6.07) is 10.8. The molecule has 1 aromatic carbocycles. The molecule has 6 nitrogen and oxygen atoms in total. The topological polar surface area (TPSA) is 71.5 Å². The normalized spacial score (nSPS) is 14.8. The number of halogens is 1. The lowest BCUT2D eigenvalue weighted by molar-refractivity contribution is -0.121. The second kappa shape index (κ2) is 8.31. The molecule has 1 aliphatic heterocycles. The summed E-state index contributed by atoms with van der Waals surface area (Å²) in [5, 5.41) is 2.94. The number of carbonyl (C=O) groups excluding carboxylic acids is 2. The van der Waals surface area contributed by atoms with Gasteiger partial charge in [-0.1, -0.05) is 15.9 Å². The highest BCUT2D eigenvalue weighted by Crippen LogP contribution is 2.22. The van der Waals surface area contributed by atoms with Crippen molar-refractivity contribution in [2.45, 2.75) is 12.8 Å². The molecule has 0 radical (unpaired) electrons. The van der Waals surface area contributed by atoms with Crippen LogP contribution in [0.25, 0.3) is 0 Å². The summed E-state index contributed by atoms with van der Waals surface area (Å²) in [7, 11) is 1.55. The number of carbonyl (C=O) groups is 2. The number of rotatable bonds is 4. The predicted molar refractivity (Wildman–Crippen MR) is 102 cm³/mol. The third-order valence-corrected chi connectivity index (χ3v) is 4.98. The summed E-state index contributed by atoms with van der Waals surface area (Å²) in [4.78, 5) is 30.9. The molecule has 7 heteroatoms. The zero-order valence-electron chi connectivity index (χ0n) is 14.4. The van der Waals surface area contributed by atoms with E-state index in [1.807, 2.05) is 24.3 Å². The first kappa shape index (κ1) is 18.4. The number of hydrogen-bond donors (Lipinski definition) is 1. The van der Waals surface area contributed by atoms with Crippen LogP contribution >= 0.6 is 15.9 Å². The van der Waals surface area contributed by atoms with Crippen molar-refractivity contribution in [1.29, 1.82) is 0 Å². The predicted octanol–water partition coefficient (Wildman–Crippen LogP) is 3.34. The van der Waals surface area contributed by atoms with Gasteiger partial charge in [0.15, 0.2) is 0 Å². The van der Waals surface area contributed by atoms with Crippen LogP contribution in [0.3, 0.4) is 0 Å². The van der Waals surface area contributed by atoms with E-state index in [0.29, 0.717) is 37.4 Å². The first-order valence-corrected chi connectivity index (χ1v) is 9.22. The lowest BCUT2D eigenvalue weighted by Crippen LogP contribution is -2.41.